The van der Waals surface area contributed by atoms with Crippen LogP contribution >= 0.6 is 27.7 Å². The molecule has 2 aromatic rings. The van der Waals surface area contributed by atoms with Gasteiger partial charge in [0.05, 0.1) is 9.40 Å². The van der Waals surface area contributed by atoms with Crippen molar-refractivity contribution in [3.63, 3.8) is 0 Å². The van der Waals surface area contributed by atoms with Crippen molar-refractivity contribution >= 4 is 39.2 Å². The average molecular weight is 327 g/mol. The molecule has 2 rings (SSSR count). The zero-order valence-corrected chi connectivity index (χ0v) is 11.3. The van der Waals surface area contributed by atoms with Crippen LogP contribution in [0.3, 0.4) is 0 Å². The van der Waals surface area contributed by atoms with Gasteiger partial charge in [-0.2, -0.15) is 0 Å². The monoisotopic (exact) mass is 326 g/mol. The van der Waals surface area contributed by atoms with Crippen molar-refractivity contribution in [3.8, 4) is 0 Å². The summed E-state index contributed by atoms with van der Waals surface area (Å²) >= 11 is 4.64. The first kappa shape index (κ1) is 12.8. The number of nitrogens with two attached hydrogens (primary N) is 1. The molecule has 0 saturated carbocycles. The maximum atomic E-state index is 10.5. The van der Waals surface area contributed by atoms with Crippen molar-refractivity contribution in [2.75, 3.05) is 5.73 Å². The van der Waals surface area contributed by atoms with Crippen molar-refractivity contribution in [1.29, 1.82) is 0 Å². The number of non-ortho nitro benzene ring substituents is 1. The van der Waals surface area contributed by atoms with E-state index in [-0.39, 0.29) is 5.69 Å². The Bertz CT molecular complexity index is 591. The second-order valence-electron chi connectivity index (χ2n) is 3.23. The predicted molar refractivity (Wildman–Crippen MR) is 71.4 cm³/mol. The number of nitrogens with zero attached hydrogens (tertiary/aromatic N) is 3. The van der Waals surface area contributed by atoms with Crippen molar-refractivity contribution in [2.45, 2.75) is 9.92 Å². The maximum absolute atomic E-state index is 10.5. The van der Waals surface area contributed by atoms with E-state index in [1.807, 2.05) is 0 Å². The summed E-state index contributed by atoms with van der Waals surface area (Å²) in [5, 5.41) is 11.2. The van der Waals surface area contributed by atoms with Crippen LogP contribution in [0.25, 0.3) is 0 Å². The molecule has 1 aromatic heterocycles. The van der Waals surface area contributed by atoms with E-state index in [1.165, 1.54) is 30.2 Å². The highest BCUT2D eigenvalue weighted by molar-refractivity contribution is 9.10. The molecule has 0 atom stereocenters. The molecule has 0 spiro atoms. The van der Waals surface area contributed by atoms with E-state index < -0.39 is 4.92 Å². The van der Waals surface area contributed by atoms with Gasteiger partial charge in [-0.25, -0.2) is 9.97 Å². The second kappa shape index (κ2) is 5.32. The van der Waals surface area contributed by atoms with E-state index in [9.17, 15) is 10.1 Å². The molecular formula is C10H7BrN4O2S. The van der Waals surface area contributed by atoms with Gasteiger partial charge in [0.15, 0.2) is 0 Å². The Morgan fingerprint density at radius 3 is 2.56 bits per heavy atom. The number of rotatable bonds is 3. The van der Waals surface area contributed by atoms with Gasteiger partial charge in [-0.3, -0.25) is 10.1 Å². The number of hydrogen-bond donors (Lipinski definition) is 1. The number of hydrogen-bond acceptors (Lipinski definition) is 6. The van der Waals surface area contributed by atoms with Gasteiger partial charge in [0.1, 0.15) is 17.2 Å². The third-order valence-electron chi connectivity index (χ3n) is 2.05. The quantitative estimate of drug-likeness (QED) is 0.529. The Kier molecular flexibility index (Phi) is 3.78. The second-order valence-corrected chi connectivity index (χ2v) is 5.09. The third kappa shape index (κ3) is 2.77. The topological polar surface area (TPSA) is 94.9 Å². The minimum atomic E-state index is -0.437. The standard InChI is InChI=1S/C10H7BrN4O2S/c11-8-9(12)13-5-14-10(8)18-7-3-1-6(2-4-7)15(16)17/h1-5H,(H2,12,13,14). The highest BCUT2D eigenvalue weighted by Crippen LogP contribution is 2.34. The van der Waals surface area contributed by atoms with Gasteiger partial charge in [0.2, 0.25) is 0 Å². The van der Waals surface area contributed by atoms with Crippen LogP contribution in [-0.4, -0.2) is 14.9 Å². The summed E-state index contributed by atoms with van der Waals surface area (Å²) < 4.78 is 0.619. The third-order valence-corrected chi connectivity index (χ3v) is 4.10. The fourth-order valence-corrected chi connectivity index (χ4v) is 2.42. The van der Waals surface area contributed by atoms with E-state index >= 15 is 0 Å². The largest absolute Gasteiger partial charge is 0.383 e. The molecule has 1 aromatic carbocycles. The van der Waals surface area contributed by atoms with Crippen LogP contribution in [-0.2, 0) is 0 Å². The van der Waals surface area contributed by atoms with Crippen molar-refractivity contribution in [1.82, 2.24) is 9.97 Å². The zero-order valence-electron chi connectivity index (χ0n) is 8.91. The normalized spacial score (nSPS) is 10.3. The van der Waals surface area contributed by atoms with Gasteiger partial charge in [-0.1, -0.05) is 11.8 Å². The number of halogens is 1. The lowest BCUT2D eigenvalue weighted by molar-refractivity contribution is -0.384. The molecule has 0 aliphatic rings. The first-order chi connectivity index (χ1) is 8.58. The van der Waals surface area contributed by atoms with Gasteiger partial charge >= 0.3 is 0 Å². The molecule has 0 radical (unpaired) electrons. The molecule has 0 aliphatic heterocycles. The van der Waals surface area contributed by atoms with E-state index in [0.717, 1.165) is 4.90 Å². The van der Waals surface area contributed by atoms with Crippen LogP contribution in [0.2, 0.25) is 0 Å². The molecule has 0 amide bonds. The van der Waals surface area contributed by atoms with Gasteiger partial charge in [0, 0.05) is 17.0 Å². The smallest absolute Gasteiger partial charge is 0.269 e. The van der Waals surface area contributed by atoms with Crippen molar-refractivity contribution in [2.24, 2.45) is 0 Å². The Hall–Kier alpha value is -1.67. The highest BCUT2D eigenvalue weighted by Gasteiger charge is 2.09. The lowest BCUT2D eigenvalue weighted by atomic mass is 10.3. The highest BCUT2D eigenvalue weighted by atomic mass is 79.9. The number of aromatic nitrogens is 2. The zero-order chi connectivity index (χ0) is 13.1. The molecule has 0 fully saturated rings. The van der Waals surface area contributed by atoms with E-state index in [0.29, 0.717) is 15.3 Å². The van der Waals surface area contributed by atoms with Gasteiger partial charge in [-0.15, -0.1) is 0 Å². The van der Waals surface area contributed by atoms with Crippen molar-refractivity contribution in [3.05, 3.63) is 45.2 Å². The summed E-state index contributed by atoms with van der Waals surface area (Å²) in [5.41, 5.74) is 5.69. The van der Waals surface area contributed by atoms with Gasteiger partial charge < -0.3 is 5.73 Å². The van der Waals surface area contributed by atoms with Crippen LogP contribution in [0, 0.1) is 10.1 Å². The molecule has 0 saturated heterocycles. The Labute approximate surface area is 115 Å². The number of nitrogen functional groups attached to an aromatic ring is 1. The fourth-order valence-electron chi connectivity index (χ4n) is 1.19. The SMILES string of the molecule is Nc1ncnc(Sc2ccc([N+](=O)[O-])cc2)c1Br. The van der Waals surface area contributed by atoms with Gasteiger partial charge in [-0.05, 0) is 28.1 Å². The van der Waals surface area contributed by atoms with Crippen molar-refractivity contribution < 1.29 is 4.92 Å². The summed E-state index contributed by atoms with van der Waals surface area (Å²) in [7, 11) is 0. The fraction of sp³-hybridized carbons (Fsp3) is 0. The first-order valence-corrected chi connectivity index (χ1v) is 6.37. The Morgan fingerprint density at radius 2 is 1.94 bits per heavy atom. The minimum absolute atomic E-state index is 0.0561. The minimum Gasteiger partial charge on any atom is -0.383 e. The first-order valence-electron chi connectivity index (χ1n) is 4.76. The molecule has 8 heteroatoms. The maximum Gasteiger partial charge on any atom is 0.269 e. The molecule has 92 valence electrons. The van der Waals surface area contributed by atoms with Crippen LogP contribution in [0.1, 0.15) is 0 Å². The van der Waals surface area contributed by atoms with Crippen LogP contribution in [0.4, 0.5) is 11.5 Å². The van der Waals surface area contributed by atoms with Gasteiger partial charge in [0.25, 0.3) is 5.69 Å². The lowest BCUT2D eigenvalue weighted by Gasteiger charge is -2.04. The number of nitro groups is 1. The number of anilines is 1. The predicted octanol–water partition coefficient (Wildman–Crippen LogP) is 2.88. The molecular weight excluding hydrogens is 320 g/mol. The summed E-state index contributed by atoms with van der Waals surface area (Å²) in [6.07, 6.45) is 1.37. The molecule has 2 N–H and O–H groups in total. The summed E-state index contributed by atoms with van der Waals surface area (Å²) in [6.45, 7) is 0. The molecule has 0 bridgehead atoms. The van der Waals surface area contributed by atoms with Crippen LogP contribution in [0.15, 0.2) is 45.0 Å². The molecule has 18 heavy (non-hydrogen) atoms. The summed E-state index contributed by atoms with van der Waals surface area (Å²) in [6, 6.07) is 6.21. The number of benzene rings is 1. The Balaban J connectivity index is 2.24. The van der Waals surface area contributed by atoms with E-state index in [2.05, 4.69) is 25.9 Å². The van der Waals surface area contributed by atoms with E-state index in [1.54, 1.807) is 12.1 Å². The van der Waals surface area contributed by atoms with Crippen LogP contribution < -0.4 is 5.73 Å². The number of nitro benzene ring substituents is 1. The average Bonchev–Trinajstić information content (AvgIpc) is 2.36. The van der Waals surface area contributed by atoms with E-state index in [4.69, 9.17) is 5.73 Å². The molecule has 1 heterocycles. The Morgan fingerprint density at radius 1 is 1.28 bits per heavy atom. The summed E-state index contributed by atoms with van der Waals surface area (Å²) in [4.78, 5) is 18.8. The molecule has 0 aliphatic carbocycles. The molecule has 0 unspecified atom stereocenters. The molecule has 6 nitrogen and oxygen atoms in total. The van der Waals surface area contributed by atoms with Crippen LogP contribution in [0.5, 0.6) is 0 Å². The summed E-state index contributed by atoms with van der Waals surface area (Å²) in [5.74, 6) is 0.356. The lowest BCUT2D eigenvalue weighted by Crippen LogP contribution is -1.94.